The van der Waals surface area contributed by atoms with Gasteiger partial charge in [-0.05, 0) is 46.4 Å². The Labute approximate surface area is 179 Å². The number of aryl methyl sites for hydroxylation is 1. The van der Waals surface area contributed by atoms with Crippen LogP contribution in [0, 0.1) is 12.8 Å². The molecule has 30 heavy (non-hydrogen) atoms. The van der Waals surface area contributed by atoms with Crippen LogP contribution in [0.15, 0.2) is 72.8 Å². The molecule has 0 bridgehead atoms. The first-order valence-corrected chi connectivity index (χ1v) is 10.2. The Morgan fingerprint density at radius 1 is 0.800 bits per heavy atom. The van der Waals surface area contributed by atoms with E-state index in [9.17, 15) is 4.79 Å². The molecule has 0 aliphatic carbocycles. The Morgan fingerprint density at radius 2 is 1.37 bits per heavy atom. The van der Waals surface area contributed by atoms with Gasteiger partial charge in [-0.1, -0.05) is 60.7 Å². The highest BCUT2D eigenvalue weighted by molar-refractivity contribution is 5.50. The first kappa shape index (κ1) is 21.4. The van der Waals surface area contributed by atoms with E-state index in [4.69, 9.17) is 4.74 Å². The van der Waals surface area contributed by atoms with Gasteiger partial charge < -0.3 is 9.53 Å². The monoisotopic (exact) mass is 397 g/mol. The van der Waals surface area contributed by atoms with Crippen molar-refractivity contribution in [2.75, 3.05) is 0 Å². The summed E-state index contributed by atoms with van der Waals surface area (Å²) < 4.78 is 5.89. The summed E-state index contributed by atoms with van der Waals surface area (Å²) >= 11 is 0. The predicted molar refractivity (Wildman–Crippen MR) is 121 cm³/mol. The minimum absolute atomic E-state index is 0.559. The molecular weight excluding hydrogens is 370 g/mol. The number of fused-ring (bicyclic) bond motifs is 1. The van der Waals surface area contributed by atoms with Gasteiger partial charge in [0.2, 0.25) is 0 Å². The third kappa shape index (κ3) is 5.83. The van der Waals surface area contributed by atoms with Gasteiger partial charge in [0.25, 0.3) is 0 Å². The predicted octanol–water partition coefficient (Wildman–Crippen LogP) is 5.16. The van der Waals surface area contributed by atoms with Gasteiger partial charge in [-0.3, -0.25) is 4.90 Å². The molecule has 0 saturated carbocycles. The lowest BCUT2D eigenvalue weighted by Gasteiger charge is -2.15. The summed E-state index contributed by atoms with van der Waals surface area (Å²) in [5, 5.41) is 0. The van der Waals surface area contributed by atoms with Crippen molar-refractivity contribution in [3.05, 3.63) is 101 Å². The largest absolute Gasteiger partial charge is 0.489 e. The standard InChI is InChI=1S/C25H25NO2.C2H2/c27-15-3-4-20-11-13-25(14-12-20)28-19-22-9-7-21(8-10-22)16-26-17-23-5-1-2-6-24(23)18-26;1-2/h1-2,5-15H,3-4,16-19H2;1-2H. The molecule has 0 amide bonds. The third-order valence-electron chi connectivity index (χ3n) is 5.22. The van der Waals surface area contributed by atoms with E-state index >= 15 is 0 Å². The van der Waals surface area contributed by atoms with Crippen molar-refractivity contribution in [1.29, 1.82) is 0 Å². The lowest BCUT2D eigenvalue weighted by molar-refractivity contribution is -0.107. The first-order chi connectivity index (χ1) is 14.8. The van der Waals surface area contributed by atoms with Gasteiger partial charge in [-0.25, -0.2) is 0 Å². The number of hydrogen-bond acceptors (Lipinski definition) is 3. The number of carbonyl (C=O) groups is 1. The van der Waals surface area contributed by atoms with Gasteiger partial charge in [-0.2, -0.15) is 0 Å². The van der Waals surface area contributed by atoms with Crippen LogP contribution in [0.25, 0.3) is 0 Å². The third-order valence-corrected chi connectivity index (χ3v) is 5.22. The van der Waals surface area contributed by atoms with Crippen LogP contribution >= 0.6 is 0 Å². The highest BCUT2D eigenvalue weighted by Gasteiger charge is 2.17. The van der Waals surface area contributed by atoms with Crippen molar-refractivity contribution in [2.45, 2.75) is 39.1 Å². The van der Waals surface area contributed by atoms with E-state index in [1.807, 2.05) is 24.3 Å². The van der Waals surface area contributed by atoms with Crippen LogP contribution in [0.5, 0.6) is 5.75 Å². The molecule has 1 aliphatic rings. The minimum Gasteiger partial charge on any atom is -0.489 e. The molecule has 0 spiro atoms. The van der Waals surface area contributed by atoms with E-state index in [1.54, 1.807) is 0 Å². The summed E-state index contributed by atoms with van der Waals surface area (Å²) in [4.78, 5) is 12.9. The Kier molecular flexibility index (Phi) is 7.83. The zero-order valence-electron chi connectivity index (χ0n) is 17.2. The van der Waals surface area contributed by atoms with E-state index in [0.29, 0.717) is 13.0 Å². The second-order valence-corrected chi connectivity index (χ2v) is 7.37. The number of hydrogen-bond donors (Lipinski definition) is 0. The highest BCUT2D eigenvalue weighted by Crippen LogP contribution is 2.24. The highest BCUT2D eigenvalue weighted by atomic mass is 16.5. The molecule has 0 fully saturated rings. The lowest BCUT2D eigenvalue weighted by atomic mass is 10.1. The van der Waals surface area contributed by atoms with Crippen molar-refractivity contribution in [3.8, 4) is 18.6 Å². The summed E-state index contributed by atoms with van der Waals surface area (Å²) in [6, 6.07) is 25.4. The van der Waals surface area contributed by atoms with Gasteiger partial charge in [0, 0.05) is 26.1 Å². The number of ether oxygens (including phenoxy) is 1. The Bertz CT molecular complexity index is 933. The summed E-state index contributed by atoms with van der Waals surface area (Å²) in [6.45, 7) is 3.59. The molecule has 0 atom stereocenters. The maximum Gasteiger partial charge on any atom is 0.120 e. The average Bonchev–Trinajstić information content (AvgIpc) is 3.21. The summed E-state index contributed by atoms with van der Waals surface area (Å²) in [5.41, 5.74) is 6.55. The van der Waals surface area contributed by atoms with Gasteiger partial charge in [0.1, 0.15) is 18.6 Å². The van der Waals surface area contributed by atoms with Gasteiger partial charge in [0.15, 0.2) is 0 Å². The topological polar surface area (TPSA) is 29.5 Å². The molecule has 3 aromatic rings. The molecule has 1 heterocycles. The molecular formula is C27H27NO2. The van der Waals surface area contributed by atoms with Crippen LogP contribution in [0.2, 0.25) is 0 Å². The number of carbonyl (C=O) groups excluding carboxylic acids is 1. The summed E-state index contributed by atoms with van der Waals surface area (Å²) in [6.07, 6.45) is 10.3. The van der Waals surface area contributed by atoms with Crippen molar-refractivity contribution in [1.82, 2.24) is 4.90 Å². The Morgan fingerprint density at radius 3 is 1.97 bits per heavy atom. The van der Waals surface area contributed by atoms with Crippen LogP contribution in [0.4, 0.5) is 0 Å². The molecule has 0 unspecified atom stereocenters. The maximum absolute atomic E-state index is 10.4. The van der Waals surface area contributed by atoms with Crippen LogP contribution in [0.3, 0.4) is 0 Å². The van der Waals surface area contributed by atoms with Crippen molar-refractivity contribution in [2.24, 2.45) is 0 Å². The van der Waals surface area contributed by atoms with Crippen molar-refractivity contribution >= 4 is 6.29 Å². The zero-order chi connectivity index (χ0) is 21.2. The van der Waals surface area contributed by atoms with Crippen LogP contribution < -0.4 is 4.74 Å². The van der Waals surface area contributed by atoms with E-state index < -0.39 is 0 Å². The molecule has 3 heteroatoms. The van der Waals surface area contributed by atoms with Gasteiger partial charge in [-0.15, -0.1) is 12.8 Å². The molecule has 3 aromatic carbocycles. The fraction of sp³-hybridized carbons (Fsp3) is 0.222. The smallest absolute Gasteiger partial charge is 0.120 e. The number of terminal acetylenes is 1. The van der Waals surface area contributed by atoms with E-state index in [0.717, 1.165) is 43.7 Å². The molecule has 152 valence electrons. The second-order valence-electron chi connectivity index (χ2n) is 7.37. The Balaban J connectivity index is 0.00000124. The van der Waals surface area contributed by atoms with E-state index in [2.05, 4.69) is 66.3 Å². The van der Waals surface area contributed by atoms with Gasteiger partial charge in [0.05, 0.1) is 0 Å². The molecule has 0 radical (unpaired) electrons. The molecule has 4 rings (SSSR count). The summed E-state index contributed by atoms with van der Waals surface area (Å²) in [5.74, 6) is 0.855. The zero-order valence-corrected chi connectivity index (χ0v) is 17.2. The quantitative estimate of drug-likeness (QED) is 0.388. The molecule has 0 aromatic heterocycles. The molecule has 0 N–H and O–H groups in total. The molecule has 1 aliphatic heterocycles. The van der Waals surface area contributed by atoms with E-state index in [-0.39, 0.29) is 0 Å². The van der Waals surface area contributed by atoms with Crippen molar-refractivity contribution in [3.63, 3.8) is 0 Å². The maximum atomic E-state index is 10.4. The van der Waals surface area contributed by atoms with Crippen molar-refractivity contribution < 1.29 is 9.53 Å². The fourth-order valence-electron chi connectivity index (χ4n) is 3.66. The van der Waals surface area contributed by atoms with Crippen LogP contribution in [-0.4, -0.2) is 11.2 Å². The Hall–Kier alpha value is -3.35. The molecule has 0 saturated heterocycles. The summed E-state index contributed by atoms with van der Waals surface area (Å²) in [7, 11) is 0. The van der Waals surface area contributed by atoms with E-state index in [1.165, 1.54) is 22.3 Å². The lowest BCUT2D eigenvalue weighted by Crippen LogP contribution is -2.15. The average molecular weight is 398 g/mol. The number of rotatable bonds is 8. The normalized spacial score (nSPS) is 12.5. The van der Waals surface area contributed by atoms with Crippen LogP contribution in [0.1, 0.15) is 34.2 Å². The number of aldehydes is 1. The SMILES string of the molecule is C#C.O=CCCc1ccc(OCc2ccc(CN3Cc4ccccc4C3)cc2)cc1. The van der Waals surface area contributed by atoms with Crippen LogP contribution in [-0.2, 0) is 37.5 Å². The number of nitrogens with zero attached hydrogens (tertiary/aromatic N) is 1. The minimum atomic E-state index is 0.559. The number of benzene rings is 3. The fourth-order valence-corrected chi connectivity index (χ4v) is 3.66. The first-order valence-electron chi connectivity index (χ1n) is 10.2. The second kappa shape index (κ2) is 11.0. The van der Waals surface area contributed by atoms with Gasteiger partial charge >= 0.3 is 0 Å². The molecule has 3 nitrogen and oxygen atoms in total.